The van der Waals surface area contributed by atoms with Gasteiger partial charge >= 0.3 is 6.18 Å². The summed E-state index contributed by atoms with van der Waals surface area (Å²) < 4.78 is 80.4. The fraction of sp³-hybridized carbons (Fsp3) is 0.304. The van der Waals surface area contributed by atoms with E-state index in [-0.39, 0.29) is 18.6 Å². The fourth-order valence-electron chi connectivity index (χ4n) is 3.68. The number of benzene rings is 2. The molecule has 0 fully saturated rings. The molecule has 0 bridgehead atoms. The second-order valence-electron chi connectivity index (χ2n) is 7.38. The van der Waals surface area contributed by atoms with Crippen molar-refractivity contribution in [2.75, 3.05) is 13.2 Å². The second-order valence-corrected chi connectivity index (χ2v) is 8.26. The zero-order valence-corrected chi connectivity index (χ0v) is 17.6. The monoisotopic (exact) mass is 470 g/mol. The van der Waals surface area contributed by atoms with E-state index in [1.54, 1.807) is 18.2 Å². The van der Waals surface area contributed by atoms with Crippen molar-refractivity contribution < 1.29 is 36.5 Å². The number of halogens is 5. The van der Waals surface area contributed by atoms with Crippen molar-refractivity contribution in [3.63, 3.8) is 0 Å². The van der Waals surface area contributed by atoms with Crippen molar-refractivity contribution in [2.45, 2.75) is 32.0 Å². The molecule has 0 spiro atoms. The average molecular weight is 470 g/mol. The number of hydrogen-bond donors (Lipinski definition) is 1. The van der Waals surface area contributed by atoms with Gasteiger partial charge in [-0.15, -0.1) is 11.3 Å². The van der Waals surface area contributed by atoms with Gasteiger partial charge in [-0.25, -0.2) is 8.78 Å². The molecule has 0 saturated carbocycles. The van der Waals surface area contributed by atoms with Crippen molar-refractivity contribution in [1.82, 2.24) is 0 Å². The Kier molecular flexibility index (Phi) is 6.39. The number of aliphatic hydroxyl groups is 1. The maximum Gasteiger partial charge on any atom is 0.426 e. The first kappa shape index (κ1) is 22.5. The van der Waals surface area contributed by atoms with Gasteiger partial charge in [-0.3, -0.25) is 0 Å². The Morgan fingerprint density at radius 2 is 1.84 bits per heavy atom. The highest BCUT2D eigenvalue weighted by atomic mass is 32.1. The van der Waals surface area contributed by atoms with E-state index in [9.17, 15) is 22.0 Å². The Morgan fingerprint density at radius 3 is 2.53 bits per heavy atom. The SMILES string of the molecule is OCCCc1cc(F)c(OCc2c(-c3ccc4c(c3)CCO4)csc2C(F)(F)F)c(F)c1. The molecule has 0 saturated heterocycles. The van der Waals surface area contributed by atoms with Crippen LogP contribution in [0.5, 0.6) is 11.5 Å². The minimum absolute atomic E-state index is 0.128. The van der Waals surface area contributed by atoms with Crippen molar-refractivity contribution in [2.24, 2.45) is 0 Å². The van der Waals surface area contributed by atoms with Gasteiger partial charge in [0.05, 0.1) is 6.61 Å². The molecule has 1 aliphatic rings. The molecule has 2 aromatic carbocycles. The third-order valence-electron chi connectivity index (χ3n) is 5.19. The number of rotatable bonds is 7. The molecular weight excluding hydrogens is 451 g/mol. The summed E-state index contributed by atoms with van der Waals surface area (Å²) in [6, 6.07) is 7.26. The lowest BCUT2D eigenvalue weighted by atomic mass is 10.00. The number of thiophene rings is 1. The molecule has 32 heavy (non-hydrogen) atoms. The van der Waals surface area contributed by atoms with Gasteiger partial charge in [0.2, 0.25) is 0 Å². The highest BCUT2D eigenvalue weighted by molar-refractivity contribution is 7.10. The van der Waals surface area contributed by atoms with Crippen LogP contribution in [0, 0.1) is 11.6 Å². The van der Waals surface area contributed by atoms with Crippen molar-refractivity contribution in [3.05, 3.63) is 68.9 Å². The molecule has 1 aromatic heterocycles. The summed E-state index contributed by atoms with van der Waals surface area (Å²) in [5.41, 5.74) is 1.90. The highest BCUT2D eigenvalue weighted by Gasteiger charge is 2.37. The molecule has 170 valence electrons. The number of aliphatic hydroxyl groups excluding tert-OH is 1. The zero-order chi connectivity index (χ0) is 22.9. The smallest absolute Gasteiger partial charge is 0.426 e. The molecule has 0 unspecified atom stereocenters. The summed E-state index contributed by atoms with van der Waals surface area (Å²) in [6.45, 7) is -0.262. The van der Waals surface area contributed by atoms with Crippen LogP contribution in [0.4, 0.5) is 22.0 Å². The van der Waals surface area contributed by atoms with Gasteiger partial charge in [0, 0.05) is 18.6 Å². The Balaban J connectivity index is 1.66. The van der Waals surface area contributed by atoms with Crippen LogP contribution in [0.3, 0.4) is 0 Å². The largest absolute Gasteiger partial charge is 0.493 e. The van der Waals surface area contributed by atoms with E-state index in [0.29, 0.717) is 53.2 Å². The third kappa shape index (κ3) is 4.59. The Morgan fingerprint density at radius 1 is 1.09 bits per heavy atom. The molecule has 0 aliphatic carbocycles. The number of aryl methyl sites for hydroxylation is 1. The van der Waals surface area contributed by atoms with Crippen molar-refractivity contribution in [1.29, 1.82) is 0 Å². The Labute approximate surface area is 185 Å². The van der Waals surface area contributed by atoms with E-state index in [0.717, 1.165) is 17.7 Å². The van der Waals surface area contributed by atoms with Gasteiger partial charge in [-0.1, -0.05) is 6.07 Å². The first-order valence-corrected chi connectivity index (χ1v) is 10.8. The lowest BCUT2D eigenvalue weighted by Crippen LogP contribution is -2.09. The van der Waals surface area contributed by atoms with E-state index in [2.05, 4.69) is 0 Å². The summed E-state index contributed by atoms with van der Waals surface area (Å²) in [5.74, 6) is -2.04. The van der Waals surface area contributed by atoms with E-state index in [1.165, 1.54) is 5.38 Å². The topological polar surface area (TPSA) is 38.7 Å². The van der Waals surface area contributed by atoms with Crippen LogP contribution in [0.2, 0.25) is 0 Å². The molecule has 0 amide bonds. The molecule has 2 heterocycles. The Bertz CT molecular complexity index is 1100. The van der Waals surface area contributed by atoms with E-state index < -0.39 is 35.0 Å². The summed E-state index contributed by atoms with van der Waals surface area (Å²) >= 11 is 0.519. The van der Waals surface area contributed by atoms with Crippen molar-refractivity contribution in [3.8, 4) is 22.6 Å². The average Bonchev–Trinajstić information content (AvgIpc) is 3.37. The molecule has 4 rings (SSSR count). The summed E-state index contributed by atoms with van der Waals surface area (Å²) in [6.07, 6.45) is -3.38. The second kappa shape index (κ2) is 9.07. The first-order valence-electron chi connectivity index (χ1n) is 9.93. The van der Waals surface area contributed by atoms with Crippen LogP contribution in [0.25, 0.3) is 11.1 Å². The minimum Gasteiger partial charge on any atom is -0.493 e. The first-order chi connectivity index (χ1) is 15.3. The minimum atomic E-state index is -4.63. The fourth-order valence-corrected chi connectivity index (χ4v) is 4.64. The molecule has 1 aliphatic heterocycles. The maximum absolute atomic E-state index is 14.4. The summed E-state index contributed by atoms with van der Waals surface area (Å²) in [4.78, 5) is -0.871. The Hall–Kier alpha value is -2.65. The van der Waals surface area contributed by atoms with Crippen LogP contribution < -0.4 is 9.47 Å². The highest BCUT2D eigenvalue weighted by Crippen LogP contribution is 2.43. The molecule has 3 aromatic rings. The zero-order valence-electron chi connectivity index (χ0n) is 16.8. The lowest BCUT2D eigenvalue weighted by molar-refractivity contribution is -0.135. The molecule has 9 heteroatoms. The summed E-state index contributed by atoms with van der Waals surface area (Å²) in [5, 5.41) is 10.2. The molecule has 0 atom stereocenters. The van der Waals surface area contributed by atoms with E-state index >= 15 is 0 Å². The van der Waals surface area contributed by atoms with E-state index in [4.69, 9.17) is 14.6 Å². The van der Waals surface area contributed by atoms with Crippen LogP contribution in [0.15, 0.2) is 35.7 Å². The van der Waals surface area contributed by atoms with Crippen LogP contribution in [0.1, 0.15) is 28.0 Å². The molecule has 3 nitrogen and oxygen atoms in total. The predicted molar refractivity (Wildman–Crippen MR) is 110 cm³/mol. The van der Waals surface area contributed by atoms with Gasteiger partial charge in [0.15, 0.2) is 17.4 Å². The standard InChI is InChI=1S/C23H19F5O3S/c24-18-8-13(2-1-6-29)9-19(25)21(18)31-11-16-17(12-32-22(16)23(26,27)28)14-3-4-20-15(10-14)5-7-30-20/h3-4,8-10,12,29H,1-2,5-7,11H2. The maximum atomic E-state index is 14.4. The van der Waals surface area contributed by atoms with Gasteiger partial charge in [-0.05, 0) is 64.7 Å². The number of hydrogen-bond acceptors (Lipinski definition) is 4. The predicted octanol–water partition coefficient (Wildman–Crippen LogP) is 6.15. The number of alkyl halides is 3. The lowest BCUT2D eigenvalue weighted by Gasteiger charge is -2.14. The molecule has 1 N–H and O–H groups in total. The normalized spacial score (nSPS) is 13.2. The van der Waals surface area contributed by atoms with Crippen molar-refractivity contribution >= 4 is 11.3 Å². The number of fused-ring (bicyclic) bond motifs is 1. The van der Waals surface area contributed by atoms with Gasteiger partial charge in [-0.2, -0.15) is 13.2 Å². The van der Waals surface area contributed by atoms with Gasteiger partial charge in [0.1, 0.15) is 17.2 Å². The molecule has 0 radical (unpaired) electrons. The van der Waals surface area contributed by atoms with Crippen LogP contribution in [-0.4, -0.2) is 18.3 Å². The third-order valence-corrected chi connectivity index (χ3v) is 6.26. The van der Waals surface area contributed by atoms with Gasteiger partial charge in [0.25, 0.3) is 0 Å². The van der Waals surface area contributed by atoms with Crippen LogP contribution >= 0.6 is 11.3 Å². The molecular formula is C23H19F5O3S. The number of ether oxygens (including phenoxy) is 2. The van der Waals surface area contributed by atoms with Crippen LogP contribution in [-0.2, 0) is 25.6 Å². The van der Waals surface area contributed by atoms with Gasteiger partial charge < -0.3 is 14.6 Å². The summed E-state index contributed by atoms with van der Waals surface area (Å²) in [7, 11) is 0. The quantitative estimate of drug-likeness (QED) is 0.421. The van der Waals surface area contributed by atoms with E-state index in [1.807, 2.05) is 0 Å².